The molecule has 4 rings (SSSR count). The van der Waals surface area contributed by atoms with E-state index in [9.17, 15) is 19.1 Å². The van der Waals surface area contributed by atoms with E-state index in [1.807, 2.05) is 5.01 Å². The van der Waals surface area contributed by atoms with E-state index in [-0.39, 0.29) is 16.3 Å². The number of aromatic nitrogens is 2. The highest BCUT2D eigenvalue weighted by atomic mass is 32.1. The van der Waals surface area contributed by atoms with Crippen molar-refractivity contribution in [1.29, 1.82) is 0 Å². The number of fused-ring (bicyclic) bond motifs is 1. The number of carboxylic acids is 1. The first-order valence-electron chi connectivity index (χ1n) is 8.45. The second-order valence-electron chi connectivity index (χ2n) is 6.35. The molecule has 27 heavy (non-hydrogen) atoms. The molecule has 1 aromatic carbocycles. The molecule has 1 aliphatic heterocycles. The van der Waals surface area contributed by atoms with Crippen molar-refractivity contribution >= 4 is 33.2 Å². The van der Waals surface area contributed by atoms with Gasteiger partial charge in [0.15, 0.2) is 0 Å². The summed E-state index contributed by atoms with van der Waals surface area (Å²) < 4.78 is 14.6. The first kappa shape index (κ1) is 17.5. The molecule has 0 saturated carbocycles. The number of aromatic carboxylic acids is 1. The minimum atomic E-state index is -1.05. The van der Waals surface area contributed by atoms with Gasteiger partial charge in [0.05, 0.1) is 18.5 Å². The summed E-state index contributed by atoms with van der Waals surface area (Å²) >= 11 is 1.02. The molecule has 0 spiro atoms. The standard InChI is InChI=1S/C18H17FN4O3S/c1-11-14-16(27-15(11)18(25)26)20-10-23(17(14)24)22-8-6-21(7-9-22)13-4-2-12(19)3-5-13/h2-5,10H,6-9H2,1H3,(H,25,26). The smallest absolute Gasteiger partial charge is 0.346 e. The van der Waals surface area contributed by atoms with Gasteiger partial charge in [-0.1, -0.05) is 0 Å². The van der Waals surface area contributed by atoms with Crippen molar-refractivity contribution in [2.75, 3.05) is 36.1 Å². The van der Waals surface area contributed by atoms with E-state index >= 15 is 0 Å². The molecule has 0 amide bonds. The van der Waals surface area contributed by atoms with E-state index in [4.69, 9.17) is 0 Å². The molecular formula is C18H17FN4O3S. The summed E-state index contributed by atoms with van der Waals surface area (Å²) in [5.74, 6) is -1.32. The molecule has 0 radical (unpaired) electrons. The van der Waals surface area contributed by atoms with Crippen LogP contribution in [0.25, 0.3) is 10.2 Å². The van der Waals surface area contributed by atoms with Crippen molar-refractivity contribution in [3.63, 3.8) is 0 Å². The summed E-state index contributed by atoms with van der Waals surface area (Å²) in [6.07, 6.45) is 1.46. The predicted octanol–water partition coefficient (Wildman–Crippen LogP) is 2.06. The molecule has 140 valence electrons. The number of carboxylic acid groups (broad SMARTS) is 1. The molecule has 0 unspecified atom stereocenters. The van der Waals surface area contributed by atoms with Crippen molar-refractivity contribution in [2.45, 2.75) is 6.92 Å². The van der Waals surface area contributed by atoms with Crippen molar-refractivity contribution in [2.24, 2.45) is 0 Å². The maximum Gasteiger partial charge on any atom is 0.346 e. The fraction of sp³-hybridized carbons (Fsp3) is 0.278. The Morgan fingerprint density at radius 3 is 2.48 bits per heavy atom. The van der Waals surface area contributed by atoms with Gasteiger partial charge in [-0.2, -0.15) is 0 Å². The summed E-state index contributed by atoms with van der Waals surface area (Å²) in [5.41, 5.74) is 1.15. The number of halogens is 1. The summed E-state index contributed by atoms with van der Waals surface area (Å²) in [6.45, 7) is 4.19. The first-order valence-corrected chi connectivity index (χ1v) is 9.27. The number of hydrogen-bond acceptors (Lipinski definition) is 6. The van der Waals surface area contributed by atoms with Crippen LogP contribution in [-0.2, 0) is 0 Å². The van der Waals surface area contributed by atoms with Gasteiger partial charge in [0.2, 0.25) is 0 Å². The lowest BCUT2D eigenvalue weighted by Crippen LogP contribution is -2.54. The van der Waals surface area contributed by atoms with Gasteiger partial charge in [0.1, 0.15) is 21.9 Å². The second kappa shape index (κ2) is 6.66. The van der Waals surface area contributed by atoms with Crippen molar-refractivity contribution in [1.82, 2.24) is 9.66 Å². The number of nitrogens with zero attached hydrogens (tertiary/aromatic N) is 4. The van der Waals surface area contributed by atoms with Crippen LogP contribution in [0.2, 0.25) is 0 Å². The van der Waals surface area contributed by atoms with Crippen molar-refractivity contribution in [3.8, 4) is 0 Å². The third kappa shape index (κ3) is 3.03. The molecule has 0 bridgehead atoms. The molecule has 1 aliphatic rings. The average molecular weight is 388 g/mol. The highest BCUT2D eigenvalue weighted by molar-refractivity contribution is 7.20. The Labute approximate surface area is 157 Å². The molecule has 3 aromatic rings. The minimum Gasteiger partial charge on any atom is -0.477 e. The summed E-state index contributed by atoms with van der Waals surface area (Å²) in [4.78, 5) is 31.2. The van der Waals surface area contributed by atoms with Crippen LogP contribution in [0, 0.1) is 12.7 Å². The number of rotatable bonds is 3. The Bertz CT molecular complexity index is 1070. The van der Waals surface area contributed by atoms with E-state index in [1.54, 1.807) is 19.1 Å². The van der Waals surface area contributed by atoms with Crippen LogP contribution in [0.5, 0.6) is 0 Å². The van der Waals surface area contributed by atoms with E-state index in [0.29, 0.717) is 42.0 Å². The normalized spacial score (nSPS) is 14.7. The Morgan fingerprint density at radius 1 is 1.19 bits per heavy atom. The molecule has 9 heteroatoms. The number of hydrogen-bond donors (Lipinski definition) is 1. The van der Waals surface area contributed by atoms with Crippen LogP contribution < -0.4 is 15.5 Å². The van der Waals surface area contributed by atoms with E-state index in [2.05, 4.69) is 9.88 Å². The molecule has 7 nitrogen and oxygen atoms in total. The predicted molar refractivity (Wildman–Crippen MR) is 102 cm³/mol. The van der Waals surface area contributed by atoms with Gasteiger partial charge in [-0.05, 0) is 36.8 Å². The van der Waals surface area contributed by atoms with Crippen LogP contribution >= 0.6 is 11.3 Å². The third-order valence-electron chi connectivity index (χ3n) is 4.78. The Morgan fingerprint density at radius 2 is 1.85 bits per heavy atom. The minimum absolute atomic E-state index is 0.147. The number of piperazine rings is 1. The summed E-state index contributed by atoms with van der Waals surface area (Å²) in [7, 11) is 0. The van der Waals surface area contributed by atoms with Gasteiger partial charge in [0, 0.05) is 18.8 Å². The quantitative estimate of drug-likeness (QED) is 0.740. The van der Waals surface area contributed by atoms with Crippen LogP contribution in [0.4, 0.5) is 10.1 Å². The largest absolute Gasteiger partial charge is 0.477 e. The van der Waals surface area contributed by atoms with Gasteiger partial charge < -0.3 is 15.0 Å². The summed E-state index contributed by atoms with van der Waals surface area (Å²) in [5, 5.41) is 11.5. The van der Waals surface area contributed by atoms with Crippen molar-refractivity contribution < 1.29 is 14.3 Å². The van der Waals surface area contributed by atoms with Gasteiger partial charge in [-0.3, -0.25) is 4.79 Å². The average Bonchev–Trinajstić information content (AvgIpc) is 3.01. The number of benzene rings is 1. The zero-order valence-corrected chi connectivity index (χ0v) is 15.4. The maximum atomic E-state index is 13.1. The Kier molecular flexibility index (Phi) is 4.31. The number of aryl methyl sites for hydroxylation is 1. The molecular weight excluding hydrogens is 371 g/mol. The fourth-order valence-corrected chi connectivity index (χ4v) is 4.32. The second-order valence-corrected chi connectivity index (χ2v) is 7.35. The van der Waals surface area contributed by atoms with E-state index in [1.165, 1.54) is 23.1 Å². The summed E-state index contributed by atoms with van der Waals surface area (Å²) in [6, 6.07) is 6.35. The van der Waals surface area contributed by atoms with Crippen LogP contribution in [0.3, 0.4) is 0 Å². The van der Waals surface area contributed by atoms with Gasteiger partial charge in [-0.15, -0.1) is 11.3 Å². The molecule has 2 aromatic heterocycles. The van der Waals surface area contributed by atoms with Crippen LogP contribution in [0.1, 0.15) is 15.2 Å². The molecule has 1 N–H and O–H groups in total. The monoisotopic (exact) mass is 388 g/mol. The number of anilines is 1. The topological polar surface area (TPSA) is 78.7 Å². The highest BCUT2D eigenvalue weighted by Crippen LogP contribution is 2.26. The number of thiophene rings is 1. The lowest BCUT2D eigenvalue weighted by atomic mass is 10.2. The lowest BCUT2D eigenvalue weighted by molar-refractivity contribution is 0.0701. The third-order valence-corrected chi connectivity index (χ3v) is 5.97. The van der Waals surface area contributed by atoms with Crippen LogP contribution in [-0.4, -0.2) is 46.9 Å². The Balaban J connectivity index is 1.59. The molecule has 0 atom stereocenters. The van der Waals surface area contributed by atoms with Gasteiger partial charge in [-0.25, -0.2) is 18.8 Å². The zero-order chi connectivity index (χ0) is 19.1. The Hall–Kier alpha value is -2.94. The number of carbonyl (C=O) groups is 1. The van der Waals surface area contributed by atoms with E-state index < -0.39 is 5.97 Å². The van der Waals surface area contributed by atoms with Gasteiger partial charge >= 0.3 is 5.97 Å². The lowest BCUT2D eigenvalue weighted by Gasteiger charge is -2.37. The highest BCUT2D eigenvalue weighted by Gasteiger charge is 2.22. The SMILES string of the molecule is Cc1c(C(=O)O)sc2ncn(N3CCN(c4ccc(F)cc4)CC3)c(=O)c12. The van der Waals surface area contributed by atoms with E-state index in [0.717, 1.165) is 17.0 Å². The first-order chi connectivity index (χ1) is 13.0. The van der Waals surface area contributed by atoms with Gasteiger partial charge in [0.25, 0.3) is 5.56 Å². The van der Waals surface area contributed by atoms with Crippen LogP contribution in [0.15, 0.2) is 35.4 Å². The van der Waals surface area contributed by atoms with Crippen molar-refractivity contribution in [3.05, 3.63) is 57.2 Å². The fourth-order valence-electron chi connectivity index (χ4n) is 3.34. The molecule has 1 fully saturated rings. The maximum absolute atomic E-state index is 13.1. The zero-order valence-electron chi connectivity index (χ0n) is 14.6. The molecule has 1 saturated heterocycles. The molecule has 3 heterocycles. The molecule has 0 aliphatic carbocycles.